The Hall–Kier alpha value is -2.28. The first kappa shape index (κ1) is 11.2. The van der Waals surface area contributed by atoms with E-state index < -0.39 is 0 Å². The molecule has 0 amide bonds. The molecule has 2 aromatic rings. The number of aromatic nitrogens is 1. The molecule has 2 rings (SSSR count). The molecule has 0 fully saturated rings. The summed E-state index contributed by atoms with van der Waals surface area (Å²) in [4.78, 5) is 3.44. The van der Waals surface area contributed by atoms with Crippen molar-refractivity contribution in [1.82, 2.24) is 0 Å². The highest BCUT2D eigenvalue weighted by atomic mass is 16.5. The quantitative estimate of drug-likeness (QED) is 0.450. The van der Waals surface area contributed by atoms with Gasteiger partial charge in [0.2, 0.25) is 5.69 Å². The maximum Gasteiger partial charge on any atom is 0.228 e. The van der Waals surface area contributed by atoms with Gasteiger partial charge in [0.05, 0.1) is 12.7 Å². The monoisotopic (exact) mass is 228 g/mol. The molecule has 0 aliphatic carbocycles. The van der Waals surface area contributed by atoms with Crippen molar-refractivity contribution in [2.45, 2.75) is 20.0 Å². The molecule has 0 radical (unpaired) electrons. The average molecular weight is 228 g/mol. The van der Waals surface area contributed by atoms with E-state index in [0.29, 0.717) is 11.4 Å². The maximum absolute atomic E-state index is 11.2. The largest absolute Gasteiger partial charge is 0.619 e. The van der Waals surface area contributed by atoms with Crippen molar-refractivity contribution in [3.05, 3.63) is 47.2 Å². The molecule has 0 saturated heterocycles. The van der Waals surface area contributed by atoms with Crippen molar-refractivity contribution in [3.8, 4) is 5.75 Å². The third kappa shape index (κ3) is 2.28. The molecule has 1 heterocycles. The molecule has 0 aliphatic heterocycles. The normalized spacial score (nSPS) is 10.5. The second-order valence-corrected chi connectivity index (χ2v) is 4.03. The zero-order chi connectivity index (χ0) is 12.4. The van der Waals surface area contributed by atoms with Crippen LogP contribution in [0.15, 0.2) is 30.6 Å². The van der Waals surface area contributed by atoms with Crippen LogP contribution < -0.4 is 9.47 Å². The lowest BCUT2D eigenvalue weighted by atomic mass is 10.1. The molecule has 4 heteroatoms. The van der Waals surface area contributed by atoms with Crippen molar-refractivity contribution < 1.29 is 9.47 Å². The Balaban J connectivity index is 2.62. The van der Waals surface area contributed by atoms with E-state index in [2.05, 4.69) is 4.85 Å². The van der Waals surface area contributed by atoms with Gasteiger partial charge in [-0.25, -0.2) is 4.85 Å². The number of rotatable bonds is 2. The molecule has 0 spiro atoms. The van der Waals surface area contributed by atoms with E-state index >= 15 is 0 Å². The van der Waals surface area contributed by atoms with Crippen molar-refractivity contribution in [1.29, 1.82) is 0 Å². The summed E-state index contributed by atoms with van der Waals surface area (Å²) in [6, 6.07) is 5.16. The number of fused-ring (bicyclic) bond motifs is 1. The minimum absolute atomic E-state index is 0.00367. The van der Waals surface area contributed by atoms with Gasteiger partial charge >= 0.3 is 0 Å². The van der Waals surface area contributed by atoms with Crippen LogP contribution in [0.3, 0.4) is 0 Å². The highest BCUT2D eigenvalue weighted by molar-refractivity contribution is 5.87. The Bertz CT molecular complexity index is 600. The Morgan fingerprint density at radius 1 is 1.35 bits per heavy atom. The zero-order valence-electron chi connectivity index (χ0n) is 9.68. The Morgan fingerprint density at radius 2 is 2.12 bits per heavy atom. The summed E-state index contributed by atoms with van der Waals surface area (Å²) in [5, 5.41) is 12.8. The van der Waals surface area contributed by atoms with Gasteiger partial charge in [-0.2, -0.15) is 4.73 Å². The molecule has 0 aliphatic rings. The van der Waals surface area contributed by atoms with Crippen LogP contribution in [0.1, 0.15) is 13.8 Å². The van der Waals surface area contributed by atoms with Crippen molar-refractivity contribution >= 4 is 16.5 Å². The summed E-state index contributed by atoms with van der Waals surface area (Å²) in [5.74, 6) is 0.522. The Morgan fingerprint density at radius 3 is 2.76 bits per heavy atom. The summed E-state index contributed by atoms with van der Waals surface area (Å²) in [5.41, 5.74) is 0.467. The molecular formula is C13H12N2O2. The van der Waals surface area contributed by atoms with Crippen molar-refractivity contribution in [3.63, 3.8) is 0 Å². The maximum atomic E-state index is 11.2. The van der Waals surface area contributed by atoms with Crippen molar-refractivity contribution in [2.24, 2.45) is 0 Å². The molecule has 1 aromatic heterocycles. The summed E-state index contributed by atoms with van der Waals surface area (Å²) in [7, 11) is 0. The molecule has 0 N–H and O–H groups in total. The van der Waals surface area contributed by atoms with E-state index in [4.69, 9.17) is 11.3 Å². The first-order chi connectivity index (χ1) is 8.10. The lowest BCUT2D eigenvalue weighted by molar-refractivity contribution is -0.603. The number of nitrogens with zero attached hydrogens (tertiary/aromatic N) is 2. The molecule has 86 valence electrons. The van der Waals surface area contributed by atoms with E-state index in [9.17, 15) is 5.21 Å². The van der Waals surface area contributed by atoms with Crippen LogP contribution in [0.4, 0.5) is 5.69 Å². The lowest BCUT2D eigenvalue weighted by Crippen LogP contribution is -2.23. The molecule has 4 nitrogen and oxygen atoms in total. The minimum atomic E-state index is -0.00367. The van der Waals surface area contributed by atoms with Crippen LogP contribution in [-0.2, 0) is 0 Å². The van der Waals surface area contributed by atoms with E-state index in [1.165, 1.54) is 12.4 Å². The fourth-order valence-electron chi connectivity index (χ4n) is 1.63. The van der Waals surface area contributed by atoms with Crippen LogP contribution >= 0.6 is 0 Å². The SMILES string of the molecule is [C-]#[N+]c1cc2cc[n+]([O-])cc2cc1OC(C)C. The number of hydrogen-bond acceptors (Lipinski definition) is 2. The second kappa shape index (κ2) is 4.30. The Kier molecular flexibility index (Phi) is 2.84. The minimum Gasteiger partial charge on any atom is -0.619 e. The molecule has 17 heavy (non-hydrogen) atoms. The zero-order valence-corrected chi connectivity index (χ0v) is 9.68. The van der Waals surface area contributed by atoms with Gasteiger partial charge in [0.1, 0.15) is 5.75 Å². The van der Waals surface area contributed by atoms with Gasteiger partial charge in [-0.15, -0.1) is 0 Å². The third-order valence-corrected chi connectivity index (χ3v) is 2.32. The third-order valence-electron chi connectivity index (χ3n) is 2.32. The van der Waals surface area contributed by atoms with Crippen LogP contribution in [0.5, 0.6) is 5.75 Å². The summed E-state index contributed by atoms with van der Waals surface area (Å²) in [6.07, 6.45) is 2.88. The fraction of sp³-hybridized carbons (Fsp3) is 0.231. The van der Waals surface area contributed by atoms with Gasteiger partial charge in [-0.3, -0.25) is 0 Å². The Labute approximate surface area is 99.5 Å². The van der Waals surface area contributed by atoms with E-state index in [-0.39, 0.29) is 6.10 Å². The summed E-state index contributed by atoms with van der Waals surface area (Å²) in [6.45, 7) is 10.9. The van der Waals surface area contributed by atoms with Crippen LogP contribution in [0.2, 0.25) is 0 Å². The van der Waals surface area contributed by atoms with Crippen LogP contribution in [-0.4, -0.2) is 6.10 Å². The van der Waals surface area contributed by atoms with E-state index in [0.717, 1.165) is 15.5 Å². The highest BCUT2D eigenvalue weighted by Gasteiger charge is 2.09. The molecule has 0 atom stereocenters. The number of hydrogen-bond donors (Lipinski definition) is 0. The first-order valence-corrected chi connectivity index (χ1v) is 5.31. The van der Waals surface area contributed by atoms with Gasteiger partial charge < -0.3 is 9.94 Å². The van der Waals surface area contributed by atoms with Crippen LogP contribution in [0.25, 0.3) is 15.6 Å². The molecule has 1 aromatic carbocycles. The molecule has 0 saturated carbocycles. The topological polar surface area (TPSA) is 40.5 Å². The fourth-order valence-corrected chi connectivity index (χ4v) is 1.63. The summed E-state index contributed by atoms with van der Waals surface area (Å²) >= 11 is 0. The molecule has 0 unspecified atom stereocenters. The smallest absolute Gasteiger partial charge is 0.228 e. The van der Waals surface area contributed by atoms with Gasteiger partial charge in [0.15, 0.2) is 12.4 Å². The number of benzene rings is 1. The first-order valence-electron chi connectivity index (χ1n) is 5.31. The predicted molar refractivity (Wildman–Crippen MR) is 64.9 cm³/mol. The van der Waals surface area contributed by atoms with Gasteiger partial charge in [-0.05, 0) is 31.4 Å². The molecular weight excluding hydrogens is 216 g/mol. The number of pyridine rings is 1. The highest BCUT2D eigenvalue weighted by Crippen LogP contribution is 2.32. The lowest BCUT2D eigenvalue weighted by Gasteiger charge is -2.12. The van der Waals surface area contributed by atoms with Gasteiger partial charge in [-0.1, -0.05) is 0 Å². The van der Waals surface area contributed by atoms with Crippen LogP contribution in [0, 0.1) is 11.8 Å². The van der Waals surface area contributed by atoms with Gasteiger partial charge in [0.25, 0.3) is 0 Å². The van der Waals surface area contributed by atoms with Gasteiger partial charge in [0, 0.05) is 11.5 Å². The van der Waals surface area contributed by atoms with Crippen molar-refractivity contribution in [2.75, 3.05) is 0 Å². The standard InChI is InChI=1S/C13H12N2O2/c1-9(2)17-13-7-11-8-15(16)5-4-10(11)6-12(13)14-3/h4-9H,1-2H3. The predicted octanol–water partition coefficient (Wildman–Crippen LogP) is 2.81. The average Bonchev–Trinajstić information content (AvgIpc) is 2.27. The van der Waals surface area contributed by atoms with E-state index in [1.807, 2.05) is 13.8 Å². The van der Waals surface area contributed by atoms with E-state index in [1.54, 1.807) is 18.2 Å². The summed E-state index contributed by atoms with van der Waals surface area (Å²) < 4.78 is 6.29. The number of ether oxygens (including phenoxy) is 1. The second-order valence-electron chi connectivity index (χ2n) is 4.03. The molecule has 0 bridgehead atoms.